The van der Waals surface area contributed by atoms with Gasteiger partial charge in [-0.3, -0.25) is 0 Å². The highest BCUT2D eigenvalue weighted by Gasteiger charge is 2.17. The Bertz CT molecular complexity index is 849. The molecule has 2 aromatic heterocycles. The Morgan fingerprint density at radius 2 is 2.09 bits per heavy atom. The Morgan fingerprint density at radius 1 is 1.35 bits per heavy atom. The van der Waals surface area contributed by atoms with E-state index in [1.807, 2.05) is 5.38 Å². The van der Waals surface area contributed by atoms with Crippen LogP contribution >= 0.6 is 23.1 Å². The van der Waals surface area contributed by atoms with Crippen molar-refractivity contribution >= 4 is 39.3 Å². The molecule has 0 spiro atoms. The van der Waals surface area contributed by atoms with Crippen molar-refractivity contribution in [2.45, 2.75) is 23.6 Å². The first-order valence-electron chi connectivity index (χ1n) is 6.95. The van der Waals surface area contributed by atoms with Crippen molar-refractivity contribution in [2.75, 3.05) is 0 Å². The molecule has 118 valence electrons. The van der Waals surface area contributed by atoms with Gasteiger partial charge in [0.1, 0.15) is 22.0 Å². The van der Waals surface area contributed by atoms with Gasteiger partial charge in [0.05, 0.1) is 16.6 Å². The number of rotatable bonds is 5. The molecule has 0 aliphatic heterocycles. The van der Waals surface area contributed by atoms with Crippen molar-refractivity contribution in [3.63, 3.8) is 0 Å². The van der Waals surface area contributed by atoms with E-state index in [0.29, 0.717) is 11.4 Å². The predicted molar refractivity (Wildman–Crippen MR) is 87.8 cm³/mol. The SMILES string of the molecule is CC[C@@H](Sc1ncnc2scc(-c3ccc(F)cc3)c12)C(=O)[O-]. The molecule has 23 heavy (non-hydrogen) atoms. The Kier molecular flexibility index (Phi) is 4.58. The number of carboxylic acid groups (broad SMARTS) is 1. The van der Waals surface area contributed by atoms with Crippen LogP contribution in [0.2, 0.25) is 0 Å². The Morgan fingerprint density at radius 3 is 2.74 bits per heavy atom. The van der Waals surface area contributed by atoms with Crippen molar-refractivity contribution < 1.29 is 14.3 Å². The Labute approximate surface area is 140 Å². The molecule has 0 unspecified atom stereocenters. The van der Waals surface area contributed by atoms with E-state index in [-0.39, 0.29) is 5.82 Å². The van der Waals surface area contributed by atoms with Gasteiger partial charge in [0.2, 0.25) is 0 Å². The number of benzene rings is 1. The summed E-state index contributed by atoms with van der Waals surface area (Å²) in [5.41, 5.74) is 1.72. The number of carboxylic acids is 1. The van der Waals surface area contributed by atoms with Crippen LogP contribution in [0.3, 0.4) is 0 Å². The normalized spacial score (nSPS) is 12.4. The van der Waals surface area contributed by atoms with E-state index in [1.165, 1.54) is 29.8 Å². The molecule has 7 heteroatoms. The fourth-order valence-corrected chi connectivity index (χ4v) is 4.16. The Balaban J connectivity index is 2.10. The lowest BCUT2D eigenvalue weighted by atomic mass is 10.1. The molecule has 4 nitrogen and oxygen atoms in total. The van der Waals surface area contributed by atoms with E-state index in [2.05, 4.69) is 9.97 Å². The third-order valence-electron chi connectivity index (χ3n) is 3.38. The maximum Gasteiger partial charge on any atom is 0.128 e. The fraction of sp³-hybridized carbons (Fsp3) is 0.188. The van der Waals surface area contributed by atoms with Crippen LogP contribution in [-0.2, 0) is 4.79 Å². The molecule has 2 heterocycles. The van der Waals surface area contributed by atoms with E-state index in [9.17, 15) is 14.3 Å². The fourth-order valence-electron chi connectivity index (χ4n) is 2.21. The van der Waals surface area contributed by atoms with E-state index in [1.54, 1.807) is 19.1 Å². The minimum absolute atomic E-state index is 0.304. The molecule has 0 N–H and O–H groups in total. The quantitative estimate of drug-likeness (QED) is 0.524. The van der Waals surface area contributed by atoms with Crippen LogP contribution in [-0.4, -0.2) is 21.2 Å². The number of fused-ring (bicyclic) bond motifs is 1. The number of aromatic nitrogens is 2. The number of thiophene rings is 1. The van der Waals surface area contributed by atoms with E-state index < -0.39 is 11.2 Å². The maximum atomic E-state index is 13.1. The van der Waals surface area contributed by atoms with Gasteiger partial charge in [-0.1, -0.05) is 30.8 Å². The monoisotopic (exact) mass is 347 g/mol. The lowest BCUT2D eigenvalue weighted by Gasteiger charge is -2.15. The molecule has 0 saturated heterocycles. The summed E-state index contributed by atoms with van der Waals surface area (Å²) in [6, 6.07) is 6.17. The summed E-state index contributed by atoms with van der Waals surface area (Å²) in [6.45, 7) is 1.79. The van der Waals surface area contributed by atoms with Crippen molar-refractivity contribution in [1.82, 2.24) is 9.97 Å². The number of aliphatic carboxylic acids is 1. The largest absolute Gasteiger partial charge is 0.549 e. The zero-order chi connectivity index (χ0) is 16.4. The van der Waals surface area contributed by atoms with Crippen LogP contribution in [0.4, 0.5) is 4.39 Å². The number of halogens is 1. The van der Waals surface area contributed by atoms with Crippen LogP contribution in [0.15, 0.2) is 41.0 Å². The first-order chi connectivity index (χ1) is 11.1. The van der Waals surface area contributed by atoms with Crippen LogP contribution in [0, 0.1) is 5.82 Å². The molecule has 0 saturated carbocycles. The first-order valence-corrected chi connectivity index (χ1v) is 8.71. The third kappa shape index (κ3) is 3.20. The zero-order valence-electron chi connectivity index (χ0n) is 12.2. The van der Waals surface area contributed by atoms with Crippen molar-refractivity contribution in [2.24, 2.45) is 0 Å². The smallest absolute Gasteiger partial charge is 0.128 e. The van der Waals surface area contributed by atoms with Gasteiger partial charge >= 0.3 is 0 Å². The molecular weight excluding hydrogens is 335 g/mol. The van der Waals surface area contributed by atoms with Gasteiger partial charge in [-0.2, -0.15) is 0 Å². The highest BCUT2D eigenvalue weighted by atomic mass is 32.2. The second-order valence-corrected chi connectivity index (χ2v) is 6.90. The van der Waals surface area contributed by atoms with Gasteiger partial charge in [-0.15, -0.1) is 11.3 Å². The van der Waals surface area contributed by atoms with Crippen LogP contribution < -0.4 is 5.11 Å². The maximum absolute atomic E-state index is 13.1. The third-order valence-corrected chi connectivity index (χ3v) is 5.61. The minimum Gasteiger partial charge on any atom is -0.549 e. The average molecular weight is 347 g/mol. The molecule has 0 radical (unpaired) electrons. The van der Waals surface area contributed by atoms with Gasteiger partial charge < -0.3 is 9.90 Å². The number of hydrogen-bond acceptors (Lipinski definition) is 6. The van der Waals surface area contributed by atoms with Crippen LogP contribution in [0.1, 0.15) is 13.3 Å². The van der Waals surface area contributed by atoms with Crippen LogP contribution in [0.5, 0.6) is 0 Å². The highest BCUT2D eigenvalue weighted by molar-refractivity contribution is 8.00. The number of carbonyl (C=O) groups is 1. The number of carbonyl (C=O) groups excluding carboxylic acids is 1. The average Bonchev–Trinajstić information content (AvgIpc) is 2.98. The molecule has 0 fully saturated rings. The van der Waals surface area contributed by atoms with E-state index in [4.69, 9.17) is 0 Å². The van der Waals surface area contributed by atoms with Gasteiger partial charge in [0.25, 0.3) is 0 Å². The summed E-state index contributed by atoms with van der Waals surface area (Å²) in [5, 5.41) is 13.8. The summed E-state index contributed by atoms with van der Waals surface area (Å²) in [4.78, 5) is 20.4. The molecule has 1 atom stereocenters. The number of hydrogen-bond donors (Lipinski definition) is 0. The summed E-state index contributed by atoms with van der Waals surface area (Å²) in [7, 11) is 0. The second kappa shape index (κ2) is 6.64. The standard InChI is InChI=1S/C16H13FN2O2S2/c1-2-12(16(20)21)23-15-13-11(7-22-14(13)18-8-19-15)9-3-5-10(17)6-4-9/h3-8,12H,2H2,1H3,(H,20,21)/p-1/t12-/m1/s1. The topological polar surface area (TPSA) is 65.9 Å². The van der Waals surface area contributed by atoms with E-state index in [0.717, 1.165) is 33.1 Å². The van der Waals surface area contributed by atoms with E-state index >= 15 is 0 Å². The van der Waals surface area contributed by atoms with Crippen molar-refractivity contribution in [3.8, 4) is 11.1 Å². The lowest BCUT2D eigenvalue weighted by molar-refractivity contribution is -0.304. The first kappa shape index (κ1) is 15.9. The molecule has 0 amide bonds. The summed E-state index contributed by atoms with van der Waals surface area (Å²) in [5.74, 6) is -1.41. The molecule has 0 aliphatic carbocycles. The summed E-state index contributed by atoms with van der Waals surface area (Å²) >= 11 is 2.61. The molecule has 3 aromatic rings. The van der Waals surface area contributed by atoms with Crippen molar-refractivity contribution in [1.29, 1.82) is 0 Å². The van der Waals surface area contributed by atoms with Crippen molar-refractivity contribution in [3.05, 3.63) is 41.8 Å². The number of nitrogens with zero attached hydrogens (tertiary/aromatic N) is 2. The molecule has 3 rings (SSSR count). The zero-order valence-corrected chi connectivity index (χ0v) is 13.8. The molecular formula is C16H12FN2O2S2-. The lowest BCUT2D eigenvalue weighted by Crippen LogP contribution is -2.33. The second-order valence-electron chi connectivity index (χ2n) is 4.85. The Hall–Kier alpha value is -1.99. The predicted octanol–water partition coefficient (Wildman–Crippen LogP) is 3.12. The summed E-state index contributed by atoms with van der Waals surface area (Å²) in [6.07, 6.45) is 1.87. The molecule has 0 aliphatic rings. The molecule has 0 bridgehead atoms. The van der Waals surface area contributed by atoms with Gasteiger partial charge in [-0.05, 0) is 24.1 Å². The van der Waals surface area contributed by atoms with Crippen LogP contribution in [0.25, 0.3) is 21.3 Å². The van der Waals surface area contributed by atoms with Gasteiger partial charge in [0, 0.05) is 10.9 Å². The van der Waals surface area contributed by atoms with Gasteiger partial charge in [0.15, 0.2) is 0 Å². The summed E-state index contributed by atoms with van der Waals surface area (Å²) < 4.78 is 13.1. The van der Waals surface area contributed by atoms with Gasteiger partial charge in [-0.25, -0.2) is 14.4 Å². The number of thioether (sulfide) groups is 1. The highest BCUT2D eigenvalue weighted by Crippen LogP contribution is 2.39. The minimum atomic E-state index is -1.11. The molecule has 1 aromatic carbocycles.